The monoisotopic (exact) mass is 300 g/mol. The van der Waals surface area contributed by atoms with Gasteiger partial charge in [-0.05, 0) is 30.1 Å². The van der Waals surface area contributed by atoms with E-state index in [-0.39, 0.29) is 16.9 Å². The molecule has 2 nitrogen and oxygen atoms in total. The lowest BCUT2D eigenvalue weighted by Crippen LogP contribution is -2.19. The van der Waals surface area contributed by atoms with Gasteiger partial charge >= 0.3 is 0 Å². The molecule has 21 heavy (non-hydrogen) atoms. The summed E-state index contributed by atoms with van der Waals surface area (Å²) >= 11 is 5.91. The van der Waals surface area contributed by atoms with Gasteiger partial charge in [-0.2, -0.15) is 0 Å². The van der Waals surface area contributed by atoms with Gasteiger partial charge in [0.25, 0.3) is 0 Å². The van der Waals surface area contributed by atoms with Crippen LogP contribution < -0.4 is 5.32 Å². The molecule has 1 N–H and O–H groups in total. The second-order valence-electron chi connectivity index (χ2n) is 4.81. The largest absolute Gasteiger partial charge is 0.309 e. The molecule has 0 aliphatic heterocycles. The Morgan fingerprint density at radius 2 is 1.86 bits per heavy atom. The number of fused-ring (bicyclic) bond motifs is 1. The van der Waals surface area contributed by atoms with E-state index in [1.807, 2.05) is 24.3 Å². The number of hydrogen-bond donors (Lipinski definition) is 1. The SMILES string of the molecule is CNC(c1cccc(Cl)c1F)c1cccc2ccncc12. The van der Waals surface area contributed by atoms with Crippen molar-refractivity contribution in [2.24, 2.45) is 0 Å². The highest BCUT2D eigenvalue weighted by molar-refractivity contribution is 6.30. The van der Waals surface area contributed by atoms with Crippen molar-refractivity contribution in [3.8, 4) is 0 Å². The first-order chi connectivity index (χ1) is 10.2. The molecule has 0 spiro atoms. The highest BCUT2D eigenvalue weighted by Crippen LogP contribution is 2.31. The van der Waals surface area contributed by atoms with E-state index in [4.69, 9.17) is 11.6 Å². The number of nitrogens with one attached hydrogen (secondary N) is 1. The fourth-order valence-electron chi connectivity index (χ4n) is 2.61. The van der Waals surface area contributed by atoms with Crippen LogP contribution in [0.15, 0.2) is 54.9 Å². The van der Waals surface area contributed by atoms with Gasteiger partial charge < -0.3 is 5.32 Å². The second kappa shape index (κ2) is 5.80. The molecule has 0 fully saturated rings. The predicted octanol–water partition coefficient (Wildman–Crippen LogP) is 4.34. The summed E-state index contributed by atoms with van der Waals surface area (Å²) in [5.74, 6) is -0.389. The van der Waals surface area contributed by atoms with E-state index in [0.29, 0.717) is 5.56 Å². The van der Waals surface area contributed by atoms with E-state index in [2.05, 4.69) is 10.3 Å². The maximum Gasteiger partial charge on any atom is 0.146 e. The quantitative estimate of drug-likeness (QED) is 0.778. The van der Waals surface area contributed by atoms with Crippen LogP contribution in [0, 0.1) is 5.82 Å². The predicted molar refractivity (Wildman–Crippen MR) is 84.1 cm³/mol. The fraction of sp³-hybridized carbons (Fsp3) is 0.118. The highest BCUT2D eigenvalue weighted by Gasteiger charge is 2.19. The number of hydrogen-bond acceptors (Lipinski definition) is 2. The van der Waals surface area contributed by atoms with Gasteiger partial charge in [-0.25, -0.2) is 4.39 Å². The molecular weight excluding hydrogens is 287 g/mol. The standard InChI is InChI=1S/C17H14ClFN2/c1-20-17(13-6-3-7-15(18)16(13)19)12-5-2-4-11-8-9-21-10-14(11)12/h2-10,17,20H,1H3. The Morgan fingerprint density at radius 3 is 2.67 bits per heavy atom. The fourth-order valence-corrected chi connectivity index (χ4v) is 2.79. The molecule has 4 heteroatoms. The summed E-state index contributed by atoms with van der Waals surface area (Å²) < 4.78 is 14.3. The Hall–Kier alpha value is -1.97. The van der Waals surface area contributed by atoms with Crippen molar-refractivity contribution in [1.29, 1.82) is 0 Å². The lowest BCUT2D eigenvalue weighted by molar-refractivity contribution is 0.578. The molecule has 1 atom stereocenters. The molecular formula is C17H14ClFN2. The van der Waals surface area contributed by atoms with E-state index in [1.54, 1.807) is 37.6 Å². The van der Waals surface area contributed by atoms with Gasteiger partial charge in [0.2, 0.25) is 0 Å². The first-order valence-corrected chi connectivity index (χ1v) is 7.04. The minimum Gasteiger partial charge on any atom is -0.309 e. The number of rotatable bonds is 3. The minimum absolute atomic E-state index is 0.131. The summed E-state index contributed by atoms with van der Waals surface area (Å²) in [6, 6.07) is 12.7. The first kappa shape index (κ1) is 14.0. The lowest BCUT2D eigenvalue weighted by Gasteiger charge is -2.20. The second-order valence-corrected chi connectivity index (χ2v) is 5.22. The summed E-state index contributed by atoms with van der Waals surface area (Å²) in [4.78, 5) is 4.18. The third-order valence-corrected chi connectivity index (χ3v) is 3.90. The van der Waals surface area contributed by atoms with Crippen LogP contribution in [0.25, 0.3) is 10.8 Å². The van der Waals surface area contributed by atoms with E-state index in [1.165, 1.54) is 0 Å². The van der Waals surface area contributed by atoms with E-state index >= 15 is 0 Å². The summed E-state index contributed by atoms with van der Waals surface area (Å²) in [6.45, 7) is 0. The zero-order chi connectivity index (χ0) is 14.8. The molecule has 3 aromatic rings. The average molecular weight is 301 g/mol. The number of aromatic nitrogens is 1. The van der Waals surface area contributed by atoms with Crippen molar-refractivity contribution in [2.75, 3.05) is 7.05 Å². The van der Waals surface area contributed by atoms with Crippen LogP contribution in [0.4, 0.5) is 4.39 Å². The lowest BCUT2D eigenvalue weighted by atomic mass is 9.94. The van der Waals surface area contributed by atoms with Crippen LogP contribution in [0.1, 0.15) is 17.2 Å². The molecule has 0 aliphatic carbocycles. The van der Waals surface area contributed by atoms with E-state index < -0.39 is 0 Å². The van der Waals surface area contributed by atoms with Crippen molar-refractivity contribution >= 4 is 22.4 Å². The molecule has 0 amide bonds. The third kappa shape index (κ3) is 2.50. The van der Waals surface area contributed by atoms with Gasteiger partial charge in [-0.1, -0.05) is 41.9 Å². The van der Waals surface area contributed by atoms with Gasteiger partial charge in [0, 0.05) is 23.3 Å². The maximum atomic E-state index is 14.3. The Labute approximate surface area is 127 Å². The molecule has 0 saturated heterocycles. The van der Waals surface area contributed by atoms with Crippen molar-refractivity contribution in [2.45, 2.75) is 6.04 Å². The van der Waals surface area contributed by atoms with Crippen LogP contribution in [-0.2, 0) is 0 Å². The molecule has 1 aromatic heterocycles. The van der Waals surface area contributed by atoms with Gasteiger partial charge in [-0.3, -0.25) is 4.98 Å². The molecule has 1 heterocycles. The third-order valence-electron chi connectivity index (χ3n) is 3.61. The molecule has 0 saturated carbocycles. The first-order valence-electron chi connectivity index (χ1n) is 6.66. The number of benzene rings is 2. The van der Waals surface area contributed by atoms with Gasteiger partial charge in [0.05, 0.1) is 11.1 Å². The van der Waals surface area contributed by atoms with Gasteiger partial charge in [-0.15, -0.1) is 0 Å². The van der Waals surface area contributed by atoms with Crippen LogP contribution in [0.3, 0.4) is 0 Å². The summed E-state index contributed by atoms with van der Waals surface area (Å²) in [5, 5.41) is 5.37. The summed E-state index contributed by atoms with van der Waals surface area (Å²) in [5.41, 5.74) is 1.51. The topological polar surface area (TPSA) is 24.9 Å². The Kier molecular flexibility index (Phi) is 3.86. The molecule has 1 unspecified atom stereocenters. The Bertz CT molecular complexity index is 783. The van der Waals surface area contributed by atoms with Crippen LogP contribution in [0.5, 0.6) is 0 Å². The number of pyridine rings is 1. The molecule has 0 bridgehead atoms. The van der Waals surface area contributed by atoms with Crippen LogP contribution >= 0.6 is 11.6 Å². The zero-order valence-electron chi connectivity index (χ0n) is 11.5. The highest BCUT2D eigenvalue weighted by atomic mass is 35.5. The normalized spacial score (nSPS) is 12.5. The smallest absolute Gasteiger partial charge is 0.146 e. The van der Waals surface area contributed by atoms with Crippen LogP contribution in [-0.4, -0.2) is 12.0 Å². The van der Waals surface area contributed by atoms with Crippen molar-refractivity contribution in [1.82, 2.24) is 10.3 Å². The van der Waals surface area contributed by atoms with Gasteiger partial charge in [0.1, 0.15) is 5.82 Å². The van der Waals surface area contributed by atoms with Gasteiger partial charge in [0.15, 0.2) is 0 Å². The average Bonchev–Trinajstić information content (AvgIpc) is 2.52. The summed E-state index contributed by atoms with van der Waals surface area (Å²) in [7, 11) is 1.81. The molecule has 2 aromatic carbocycles. The number of nitrogens with zero attached hydrogens (tertiary/aromatic N) is 1. The summed E-state index contributed by atoms with van der Waals surface area (Å²) in [6.07, 6.45) is 3.55. The van der Waals surface area contributed by atoms with E-state index in [0.717, 1.165) is 16.3 Å². The molecule has 0 aliphatic rings. The van der Waals surface area contributed by atoms with E-state index in [9.17, 15) is 4.39 Å². The molecule has 106 valence electrons. The van der Waals surface area contributed by atoms with Crippen molar-refractivity contribution in [3.05, 3.63) is 76.8 Å². The minimum atomic E-state index is -0.389. The molecule has 3 rings (SSSR count). The maximum absolute atomic E-state index is 14.3. The molecule has 0 radical (unpaired) electrons. The van der Waals surface area contributed by atoms with Crippen molar-refractivity contribution in [3.63, 3.8) is 0 Å². The Morgan fingerprint density at radius 1 is 1.10 bits per heavy atom. The number of halogens is 2. The van der Waals surface area contributed by atoms with Crippen LogP contribution in [0.2, 0.25) is 5.02 Å². The Balaban J connectivity index is 2.21. The van der Waals surface area contributed by atoms with Crippen molar-refractivity contribution < 1.29 is 4.39 Å². The zero-order valence-corrected chi connectivity index (χ0v) is 12.2.